The third-order valence-corrected chi connectivity index (χ3v) is 4.29. The van der Waals surface area contributed by atoms with Crippen LogP contribution in [-0.2, 0) is 11.3 Å². The third kappa shape index (κ3) is 3.23. The molecule has 7 nitrogen and oxygen atoms in total. The molecule has 1 amide bonds. The van der Waals surface area contributed by atoms with Gasteiger partial charge in [0.1, 0.15) is 6.54 Å². The SMILES string of the molecule is COc1cc2nc(NC(=O)Cn3ccccc3=O)sc2cc1OC. The standard InChI is InChI=1S/C16H15N3O4S/c1-22-11-7-10-13(8-12(11)23-2)24-16(17-10)18-14(20)9-19-6-4-3-5-15(19)21/h3-8H,9H2,1-2H3,(H,17,18,20). The lowest BCUT2D eigenvalue weighted by Crippen LogP contribution is -2.26. The second-order valence-electron chi connectivity index (χ2n) is 4.91. The molecule has 3 aromatic rings. The van der Waals surface area contributed by atoms with Crippen molar-refractivity contribution >= 4 is 32.6 Å². The first-order chi connectivity index (χ1) is 11.6. The molecule has 0 aliphatic heterocycles. The Labute approximate surface area is 141 Å². The zero-order valence-electron chi connectivity index (χ0n) is 13.1. The van der Waals surface area contributed by atoms with Gasteiger partial charge >= 0.3 is 0 Å². The van der Waals surface area contributed by atoms with Gasteiger partial charge in [0.2, 0.25) is 5.91 Å². The number of thiazole rings is 1. The predicted octanol–water partition coefficient (Wildman–Crippen LogP) is 2.11. The summed E-state index contributed by atoms with van der Waals surface area (Å²) >= 11 is 1.32. The minimum atomic E-state index is -0.318. The van der Waals surface area contributed by atoms with Crippen LogP contribution >= 0.6 is 11.3 Å². The molecule has 24 heavy (non-hydrogen) atoms. The highest BCUT2D eigenvalue weighted by molar-refractivity contribution is 7.22. The maximum absolute atomic E-state index is 12.1. The number of anilines is 1. The lowest BCUT2D eigenvalue weighted by Gasteiger charge is -2.05. The third-order valence-electron chi connectivity index (χ3n) is 3.35. The van der Waals surface area contributed by atoms with Gasteiger partial charge in [0.15, 0.2) is 16.6 Å². The number of hydrogen-bond acceptors (Lipinski definition) is 6. The van der Waals surface area contributed by atoms with E-state index in [1.165, 1.54) is 22.0 Å². The molecule has 2 aromatic heterocycles. The summed E-state index contributed by atoms with van der Waals surface area (Å²) < 4.78 is 12.7. The Balaban J connectivity index is 1.81. The Bertz CT molecular complexity index is 907. The number of nitrogens with one attached hydrogen (secondary N) is 1. The molecule has 0 bridgehead atoms. The van der Waals surface area contributed by atoms with Crippen molar-refractivity contribution in [1.29, 1.82) is 0 Å². The van der Waals surface area contributed by atoms with Gasteiger partial charge in [-0.15, -0.1) is 0 Å². The van der Waals surface area contributed by atoms with Crippen molar-refractivity contribution in [3.8, 4) is 11.5 Å². The Morgan fingerprint density at radius 1 is 1.25 bits per heavy atom. The minimum absolute atomic E-state index is 0.0672. The smallest absolute Gasteiger partial charge is 0.250 e. The molecule has 3 rings (SSSR count). The summed E-state index contributed by atoms with van der Waals surface area (Å²) in [4.78, 5) is 28.1. The van der Waals surface area contributed by atoms with Crippen LogP contribution in [0.25, 0.3) is 10.2 Å². The lowest BCUT2D eigenvalue weighted by molar-refractivity contribution is -0.116. The van der Waals surface area contributed by atoms with Crippen molar-refractivity contribution in [3.63, 3.8) is 0 Å². The molecule has 0 unspecified atom stereocenters. The molecule has 0 aliphatic carbocycles. The van der Waals surface area contributed by atoms with Crippen LogP contribution in [0.15, 0.2) is 41.3 Å². The number of methoxy groups -OCH3 is 2. The number of hydrogen-bond donors (Lipinski definition) is 1. The Morgan fingerprint density at radius 3 is 2.71 bits per heavy atom. The van der Waals surface area contributed by atoms with E-state index in [1.807, 2.05) is 6.07 Å². The van der Waals surface area contributed by atoms with E-state index in [2.05, 4.69) is 10.3 Å². The van der Waals surface area contributed by atoms with E-state index in [9.17, 15) is 9.59 Å². The summed E-state index contributed by atoms with van der Waals surface area (Å²) in [6, 6.07) is 8.30. The summed E-state index contributed by atoms with van der Waals surface area (Å²) in [6.07, 6.45) is 1.57. The fourth-order valence-electron chi connectivity index (χ4n) is 2.21. The summed E-state index contributed by atoms with van der Waals surface area (Å²) in [5.41, 5.74) is 0.469. The van der Waals surface area contributed by atoms with Gasteiger partial charge in [0.25, 0.3) is 5.56 Å². The number of fused-ring (bicyclic) bond motifs is 1. The van der Waals surface area contributed by atoms with Gasteiger partial charge in [-0.1, -0.05) is 17.4 Å². The van der Waals surface area contributed by atoms with Crippen molar-refractivity contribution in [2.24, 2.45) is 0 Å². The lowest BCUT2D eigenvalue weighted by atomic mass is 10.3. The van der Waals surface area contributed by atoms with Crippen LogP contribution in [0.3, 0.4) is 0 Å². The molecular weight excluding hydrogens is 330 g/mol. The van der Waals surface area contributed by atoms with Crippen LogP contribution in [0, 0.1) is 0 Å². The molecule has 0 fully saturated rings. The number of carbonyl (C=O) groups excluding carboxylic acids is 1. The van der Waals surface area contributed by atoms with Crippen molar-refractivity contribution in [3.05, 3.63) is 46.9 Å². The number of carbonyl (C=O) groups is 1. The number of pyridine rings is 1. The van der Waals surface area contributed by atoms with Crippen molar-refractivity contribution in [1.82, 2.24) is 9.55 Å². The number of nitrogens with zero attached hydrogens (tertiary/aromatic N) is 2. The molecule has 0 saturated heterocycles. The van der Waals surface area contributed by atoms with E-state index in [4.69, 9.17) is 9.47 Å². The normalized spacial score (nSPS) is 10.6. The number of amides is 1. The Hall–Kier alpha value is -2.87. The molecule has 2 heterocycles. The van der Waals surface area contributed by atoms with Gasteiger partial charge in [-0.2, -0.15) is 0 Å². The first-order valence-electron chi connectivity index (χ1n) is 7.08. The first kappa shape index (κ1) is 16.0. The van der Waals surface area contributed by atoms with E-state index in [-0.39, 0.29) is 18.0 Å². The van der Waals surface area contributed by atoms with Gasteiger partial charge in [0.05, 0.1) is 24.4 Å². The van der Waals surface area contributed by atoms with E-state index in [1.54, 1.807) is 38.6 Å². The molecule has 1 aromatic carbocycles. The number of benzene rings is 1. The van der Waals surface area contributed by atoms with E-state index < -0.39 is 0 Å². The molecule has 0 atom stereocenters. The number of aromatic nitrogens is 2. The topological polar surface area (TPSA) is 82.5 Å². The Kier molecular flexibility index (Phi) is 4.48. The van der Waals surface area contributed by atoms with Gasteiger partial charge in [-0.05, 0) is 6.07 Å². The molecule has 124 valence electrons. The van der Waals surface area contributed by atoms with Crippen molar-refractivity contribution in [2.75, 3.05) is 19.5 Å². The average molecular weight is 345 g/mol. The monoisotopic (exact) mass is 345 g/mol. The van der Waals surface area contributed by atoms with Crippen LogP contribution in [0.4, 0.5) is 5.13 Å². The molecule has 0 spiro atoms. The van der Waals surface area contributed by atoms with Crippen molar-refractivity contribution in [2.45, 2.75) is 6.54 Å². The molecule has 1 N–H and O–H groups in total. The zero-order chi connectivity index (χ0) is 17.1. The molecule has 0 aliphatic rings. The molecular formula is C16H15N3O4S. The minimum Gasteiger partial charge on any atom is -0.493 e. The number of ether oxygens (including phenoxy) is 2. The van der Waals surface area contributed by atoms with Crippen LogP contribution in [0.5, 0.6) is 11.5 Å². The second kappa shape index (κ2) is 6.71. The molecule has 0 radical (unpaired) electrons. The van der Waals surface area contributed by atoms with Gasteiger partial charge in [-0.3, -0.25) is 9.59 Å². The van der Waals surface area contributed by atoms with E-state index in [0.29, 0.717) is 22.1 Å². The second-order valence-corrected chi connectivity index (χ2v) is 5.94. The zero-order valence-corrected chi connectivity index (χ0v) is 13.9. The largest absolute Gasteiger partial charge is 0.493 e. The Morgan fingerprint density at radius 2 is 2.00 bits per heavy atom. The predicted molar refractivity (Wildman–Crippen MR) is 92.1 cm³/mol. The van der Waals surface area contributed by atoms with E-state index >= 15 is 0 Å². The van der Waals surface area contributed by atoms with Crippen LogP contribution in [0.1, 0.15) is 0 Å². The summed E-state index contributed by atoms with van der Waals surface area (Å²) in [5.74, 6) is 0.854. The van der Waals surface area contributed by atoms with Gasteiger partial charge in [-0.25, -0.2) is 4.98 Å². The van der Waals surface area contributed by atoms with Crippen LogP contribution in [-0.4, -0.2) is 29.7 Å². The summed E-state index contributed by atoms with van der Waals surface area (Å²) in [5, 5.41) is 3.16. The maximum Gasteiger partial charge on any atom is 0.250 e. The fraction of sp³-hybridized carbons (Fsp3) is 0.188. The average Bonchev–Trinajstić information content (AvgIpc) is 2.96. The fourth-order valence-corrected chi connectivity index (χ4v) is 3.11. The number of rotatable bonds is 5. The maximum atomic E-state index is 12.1. The molecule has 8 heteroatoms. The van der Waals surface area contributed by atoms with Crippen LogP contribution in [0.2, 0.25) is 0 Å². The quantitative estimate of drug-likeness (QED) is 0.766. The van der Waals surface area contributed by atoms with Gasteiger partial charge in [0, 0.05) is 24.4 Å². The molecule has 0 saturated carbocycles. The van der Waals surface area contributed by atoms with Crippen LogP contribution < -0.4 is 20.3 Å². The summed E-state index contributed by atoms with van der Waals surface area (Å²) in [7, 11) is 3.11. The highest BCUT2D eigenvalue weighted by atomic mass is 32.1. The van der Waals surface area contributed by atoms with Crippen molar-refractivity contribution < 1.29 is 14.3 Å². The summed E-state index contributed by atoms with van der Waals surface area (Å²) in [6.45, 7) is -0.0672. The van der Waals surface area contributed by atoms with Gasteiger partial charge < -0.3 is 19.4 Å². The van der Waals surface area contributed by atoms with E-state index in [0.717, 1.165) is 4.70 Å². The highest BCUT2D eigenvalue weighted by Crippen LogP contribution is 2.36. The highest BCUT2D eigenvalue weighted by Gasteiger charge is 2.12. The first-order valence-corrected chi connectivity index (χ1v) is 7.90.